The largest absolute Gasteiger partial charge is 0.445 e. The molecule has 3 rings (SSSR count). The van der Waals surface area contributed by atoms with E-state index in [2.05, 4.69) is 9.97 Å². The molecule has 0 spiro atoms. The maximum atomic E-state index is 8.01. The zero-order chi connectivity index (χ0) is 17.3. The van der Waals surface area contributed by atoms with E-state index < -0.39 is 0 Å². The normalized spacial score (nSPS) is 13.1. The summed E-state index contributed by atoms with van der Waals surface area (Å²) in [5.41, 5.74) is 1.79. The first-order valence-corrected chi connectivity index (χ1v) is 6.11. The van der Waals surface area contributed by atoms with E-state index in [0.29, 0.717) is 11.3 Å². The number of rotatable bonds is 1. The Morgan fingerprint density at radius 2 is 2.00 bits per heavy atom. The maximum Gasteiger partial charge on any atom is 0.225 e. The van der Waals surface area contributed by atoms with Crippen molar-refractivity contribution in [1.29, 1.82) is 0 Å². The Bertz CT molecular complexity index is 984. The molecule has 0 unspecified atom stereocenters. The van der Waals surface area contributed by atoms with Crippen molar-refractivity contribution in [2.75, 3.05) is 0 Å². The third-order valence-electron chi connectivity index (χ3n) is 2.73. The van der Waals surface area contributed by atoms with Gasteiger partial charge in [-0.15, -0.1) is 0 Å². The molecule has 3 nitrogen and oxygen atoms in total. The van der Waals surface area contributed by atoms with Crippen molar-refractivity contribution in [1.82, 2.24) is 9.97 Å². The van der Waals surface area contributed by atoms with E-state index in [-0.39, 0.29) is 30.0 Å². The quantitative estimate of drug-likeness (QED) is 0.658. The van der Waals surface area contributed by atoms with Gasteiger partial charge in [0.1, 0.15) is 6.26 Å². The highest BCUT2D eigenvalue weighted by Gasteiger charge is 1.97. The average molecular weight is 266 g/mol. The molecule has 0 N–H and O–H groups in total. The summed E-state index contributed by atoms with van der Waals surface area (Å²) >= 11 is 0. The van der Waals surface area contributed by atoms with Crippen LogP contribution in [0.5, 0.6) is 0 Å². The molecule has 98 valence electrons. The molecular weight excluding hydrogens is 248 g/mol. The van der Waals surface area contributed by atoms with E-state index in [9.17, 15) is 0 Å². The summed E-state index contributed by atoms with van der Waals surface area (Å²) in [5.74, 6) is 0. The minimum Gasteiger partial charge on any atom is -0.445 e. The Hall–Kier alpha value is -2.68. The van der Waals surface area contributed by atoms with Crippen LogP contribution >= 0.6 is 0 Å². The van der Waals surface area contributed by atoms with Crippen LogP contribution < -0.4 is 0 Å². The summed E-state index contributed by atoms with van der Waals surface area (Å²) in [5, 5.41) is 0.811. The number of hydrogen-bond acceptors (Lipinski definition) is 3. The second-order valence-electron chi connectivity index (χ2n) is 4.20. The number of nitrogens with zero attached hydrogens (tertiary/aromatic N) is 2. The highest BCUT2D eigenvalue weighted by atomic mass is 16.3. The fourth-order valence-corrected chi connectivity index (χ4v) is 1.74. The Morgan fingerprint density at radius 1 is 1.10 bits per heavy atom. The first kappa shape index (κ1) is 8.48. The lowest BCUT2D eigenvalue weighted by Gasteiger charge is -1.96. The molecule has 3 heterocycles. The van der Waals surface area contributed by atoms with Gasteiger partial charge in [-0.1, -0.05) is 18.2 Å². The first-order valence-electron chi connectivity index (χ1n) is 8.11. The third-order valence-corrected chi connectivity index (χ3v) is 2.73. The molecule has 0 fully saturated rings. The van der Waals surface area contributed by atoms with Gasteiger partial charge in [0.25, 0.3) is 0 Å². The SMILES string of the molecule is [2H]c1nc(-c2ccccc3ccc(C)nc3oc2)c([2H])c([2H])c1[2H]. The summed E-state index contributed by atoms with van der Waals surface area (Å²) < 4.78 is 36.7. The van der Waals surface area contributed by atoms with Crippen molar-refractivity contribution in [2.45, 2.75) is 6.92 Å². The average Bonchev–Trinajstić information content (AvgIpc) is 2.66. The Kier molecular flexibility index (Phi) is 2.35. The fourth-order valence-electron chi connectivity index (χ4n) is 1.74. The number of pyridine rings is 2. The molecule has 0 saturated carbocycles. The molecule has 0 atom stereocenters. The molecule has 0 aliphatic heterocycles. The Morgan fingerprint density at radius 3 is 2.95 bits per heavy atom. The smallest absolute Gasteiger partial charge is 0.225 e. The standard InChI is InChI=1S/C17H14N2O/c1-13-9-10-14-6-2-3-7-15(12-20-17(14)19-13)16-8-4-5-11-18-16/h2-12H,1H3/i4D,5D,8D,11D. The maximum absolute atomic E-state index is 8.01. The molecule has 0 aliphatic rings. The number of fused-ring (bicyclic) bond motifs is 1. The summed E-state index contributed by atoms with van der Waals surface area (Å²) in [6.45, 7) is 1.86. The van der Waals surface area contributed by atoms with Crippen LogP contribution in [-0.2, 0) is 0 Å². The van der Waals surface area contributed by atoms with Gasteiger partial charge in [0.15, 0.2) is 0 Å². The van der Waals surface area contributed by atoms with Gasteiger partial charge in [-0.05, 0) is 43.3 Å². The first-order chi connectivity index (χ1) is 11.5. The van der Waals surface area contributed by atoms with Gasteiger partial charge in [-0.25, -0.2) is 4.98 Å². The topological polar surface area (TPSA) is 38.9 Å². The van der Waals surface area contributed by atoms with E-state index in [1.54, 1.807) is 12.1 Å². The van der Waals surface area contributed by atoms with Crippen LogP contribution in [0.2, 0.25) is 0 Å². The molecular formula is C17H14N2O. The van der Waals surface area contributed by atoms with Crippen molar-refractivity contribution < 1.29 is 9.90 Å². The number of aryl methyl sites for hydroxylation is 1. The molecule has 0 aliphatic carbocycles. The summed E-state index contributed by atoms with van der Waals surface area (Å²) in [4.78, 5) is 8.30. The van der Waals surface area contributed by atoms with E-state index >= 15 is 0 Å². The summed E-state index contributed by atoms with van der Waals surface area (Å²) in [6, 6.07) is 9.97. The Labute approximate surface area is 122 Å². The zero-order valence-corrected chi connectivity index (χ0v) is 10.8. The highest BCUT2D eigenvalue weighted by molar-refractivity contribution is 5.72. The molecule has 0 radical (unpaired) electrons. The van der Waals surface area contributed by atoms with E-state index in [1.807, 2.05) is 31.2 Å². The van der Waals surface area contributed by atoms with Gasteiger partial charge in [0.05, 0.1) is 11.2 Å². The lowest BCUT2D eigenvalue weighted by Crippen LogP contribution is -1.80. The summed E-state index contributed by atoms with van der Waals surface area (Å²) in [7, 11) is 0. The van der Waals surface area contributed by atoms with Crippen LogP contribution in [-0.4, -0.2) is 9.97 Å². The lowest BCUT2D eigenvalue weighted by molar-refractivity contribution is 0.594. The van der Waals surface area contributed by atoms with Crippen molar-refractivity contribution in [3.63, 3.8) is 0 Å². The predicted molar refractivity (Wildman–Crippen MR) is 79.6 cm³/mol. The van der Waals surface area contributed by atoms with E-state index in [0.717, 1.165) is 11.1 Å². The second-order valence-corrected chi connectivity index (χ2v) is 4.20. The van der Waals surface area contributed by atoms with Gasteiger partial charge in [0.2, 0.25) is 5.71 Å². The van der Waals surface area contributed by atoms with Crippen LogP contribution in [0, 0.1) is 6.92 Å². The van der Waals surface area contributed by atoms with Crippen molar-refractivity contribution in [3.8, 4) is 11.3 Å². The fraction of sp³-hybridized carbons (Fsp3) is 0.0588. The lowest BCUT2D eigenvalue weighted by atomic mass is 10.2. The van der Waals surface area contributed by atoms with Crippen LogP contribution in [0.15, 0.2) is 71.4 Å². The van der Waals surface area contributed by atoms with E-state index in [1.165, 1.54) is 6.26 Å². The molecule has 0 amide bonds. The van der Waals surface area contributed by atoms with E-state index in [4.69, 9.17) is 9.90 Å². The van der Waals surface area contributed by atoms with Gasteiger partial charge in [0, 0.05) is 22.8 Å². The van der Waals surface area contributed by atoms with Gasteiger partial charge in [-0.3, -0.25) is 4.98 Å². The van der Waals surface area contributed by atoms with Crippen molar-refractivity contribution >= 4 is 11.1 Å². The molecule has 3 heteroatoms. The molecule has 0 bridgehead atoms. The van der Waals surface area contributed by atoms with Crippen LogP contribution in [0.3, 0.4) is 0 Å². The number of hydrogen-bond donors (Lipinski definition) is 0. The second kappa shape index (κ2) is 5.53. The zero-order valence-electron chi connectivity index (χ0n) is 14.8. The van der Waals surface area contributed by atoms with Crippen molar-refractivity contribution in [3.05, 3.63) is 72.7 Å². The molecule has 0 saturated heterocycles. The number of aromatic nitrogens is 2. The van der Waals surface area contributed by atoms with Crippen LogP contribution in [0.1, 0.15) is 11.2 Å². The molecule has 0 aromatic carbocycles. The van der Waals surface area contributed by atoms with Crippen LogP contribution in [0.25, 0.3) is 22.4 Å². The monoisotopic (exact) mass is 266 g/mol. The molecule has 3 aromatic rings. The molecule has 3 aromatic heterocycles. The summed E-state index contributed by atoms with van der Waals surface area (Å²) in [6.07, 6.45) is 1.06. The van der Waals surface area contributed by atoms with Crippen LogP contribution in [0.4, 0.5) is 0 Å². The van der Waals surface area contributed by atoms with Gasteiger partial charge in [-0.2, -0.15) is 0 Å². The minimum absolute atomic E-state index is 0.127. The highest BCUT2D eigenvalue weighted by Crippen LogP contribution is 2.16. The predicted octanol–water partition coefficient (Wildman–Crippen LogP) is 4.32. The van der Waals surface area contributed by atoms with Crippen molar-refractivity contribution in [2.24, 2.45) is 0 Å². The third kappa shape index (κ3) is 2.67. The van der Waals surface area contributed by atoms with Gasteiger partial charge >= 0.3 is 0 Å². The Balaban J connectivity index is 2.29. The van der Waals surface area contributed by atoms with Gasteiger partial charge < -0.3 is 4.42 Å². The molecule has 20 heavy (non-hydrogen) atoms. The minimum atomic E-state index is -0.361.